The number of rotatable bonds is 5. The molecule has 102 valence electrons. The van der Waals surface area contributed by atoms with E-state index >= 15 is 0 Å². The molecule has 3 nitrogen and oxygen atoms in total. The Balaban J connectivity index is 2.96. The fourth-order valence-electron chi connectivity index (χ4n) is 1.97. The molecule has 1 aromatic carbocycles. The van der Waals surface area contributed by atoms with Crippen LogP contribution in [0.25, 0.3) is 0 Å². The van der Waals surface area contributed by atoms with Gasteiger partial charge in [0.25, 0.3) is 0 Å². The number of nitrogens with two attached hydrogens (primary N) is 1. The van der Waals surface area contributed by atoms with Crippen LogP contribution in [-0.4, -0.2) is 19.3 Å². The first-order chi connectivity index (χ1) is 8.40. The SMILES string of the molecule is CCC(N)C(Oc1ccccc1OC)C(C)(C)C. The third kappa shape index (κ3) is 3.64. The van der Waals surface area contributed by atoms with Crippen LogP contribution in [0.2, 0.25) is 0 Å². The lowest BCUT2D eigenvalue weighted by molar-refractivity contribution is 0.0596. The Morgan fingerprint density at radius 3 is 2.17 bits per heavy atom. The Hall–Kier alpha value is -1.22. The Kier molecular flexibility index (Phi) is 5.03. The van der Waals surface area contributed by atoms with Gasteiger partial charge in [0.2, 0.25) is 0 Å². The van der Waals surface area contributed by atoms with Crippen LogP contribution >= 0.6 is 0 Å². The van der Waals surface area contributed by atoms with E-state index in [4.69, 9.17) is 15.2 Å². The van der Waals surface area contributed by atoms with E-state index in [1.165, 1.54) is 0 Å². The molecule has 0 radical (unpaired) electrons. The molecule has 0 saturated carbocycles. The first-order valence-electron chi connectivity index (χ1n) is 6.45. The van der Waals surface area contributed by atoms with Crippen LogP contribution in [0.4, 0.5) is 0 Å². The Morgan fingerprint density at radius 2 is 1.72 bits per heavy atom. The van der Waals surface area contributed by atoms with Gasteiger partial charge in [-0.2, -0.15) is 0 Å². The highest BCUT2D eigenvalue weighted by molar-refractivity contribution is 5.39. The van der Waals surface area contributed by atoms with Gasteiger partial charge in [0, 0.05) is 11.5 Å². The van der Waals surface area contributed by atoms with Crippen molar-refractivity contribution in [1.29, 1.82) is 0 Å². The second-order valence-electron chi connectivity index (χ2n) is 5.63. The van der Waals surface area contributed by atoms with Gasteiger partial charge in [0.05, 0.1) is 7.11 Å². The van der Waals surface area contributed by atoms with Gasteiger partial charge in [-0.25, -0.2) is 0 Å². The molecule has 0 aliphatic carbocycles. The smallest absolute Gasteiger partial charge is 0.161 e. The summed E-state index contributed by atoms with van der Waals surface area (Å²) in [6.45, 7) is 8.50. The Morgan fingerprint density at radius 1 is 1.17 bits per heavy atom. The van der Waals surface area contributed by atoms with Gasteiger partial charge in [0.1, 0.15) is 6.10 Å². The summed E-state index contributed by atoms with van der Waals surface area (Å²) in [6, 6.07) is 7.69. The number of hydrogen-bond acceptors (Lipinski definition) is 3. The van der Waals surface area contributed by atoms with E-state index in [0.717, 1.165) is 17.9 Å². The van der Waals surface area contributed by atoms with Gasteiger partial charge in [0.15, 0.2) is 11.5 Å². The second-order valence-corrected chi connectivity index (χ2v) is 5.63. The minimum atomic E-state index is -0.0428. The van der Waals surface area contributed by atoms with Gasteiger partial charge >= 0.3 is 0 Å². The highest BCUT2D eigenvalue weighted by Crippen LogP contribution is 2.32. The molecular weight excluding hydrogens is 226 g/mol. The molecule has 0 bridgehead atoms. The van der Waals surface area contributed by atoms with Crippen LogP contribution in [0, 0.1) is 5.41 Å². The second kappa shape index (κ2) is 6.10. The Labute approximate surface area is 110 Å². The van der Waals surface area contributed by atoms with Gasteiger partial charge < -0.3 is 15.2 Å². The average Bonchev–Trinajstić information content (AvgIpc) is 2.34. The molecule has 0 fully saturated rings. The molecule has 0 heterocycles. The molecule has 0 aliphatic rings. The van der Waals surface area contributed by atoms with Gasteiger partial charge in [-0.15, -0.1) is 0 Å². The Bertz CT molecular complexity index is 371. The summed E-state index contributed by atoms with van der Waals surface area (Å²) >= 11 is 0. The van der Waals surface area contributed by atoms with Crippen LogP contribution in [0.3, 0.4) is 0 Å². The maximum Gasteiger partial charge on any atom is 0.161 e. The van der Waals surface area contributed by atoms with Gasteiger partial charge in [-0.05, 0) is 18.6 Å². The van der Waals surface area contributed by atoms with Crippen molar-refractivity contribution < 1.29 is 9.47 Å². The lowest BCUT2D eigenvalue weighted by Crippen LogP contribution is -2.47. The first-order valence-corrected chi connectivity index (χ1v) is 6.45. The number of methoxy groups -OCH3 is 1. The van der Waals surface area contributed by atoms with E-state index in [9.17, 15) is 0 Å². The van der Waals surface area contributed by atoms with Crippen LogP contribution in [0.15, 0.2) is 24.3 Å². The van der Waals surface area contributed by atoms with Crippen molar-refractivity contribution in [3.63, 3.8) is 0 Å². The summed E-state index contributed by atoms with van der Waals surface area (Å²) < 4.78 is 11.4. The van der Waals surface area contributed by atoms with E-state index in [1.807, 2.05) is 24.3 Å². The van der Waals surface area contributed by atoms with Crippen molar-refractivity contribution in [3.8, 4) is 11.5 Å². The standard InChI is InChI=1S/C15H25NO2/c1-6-11(16)14(15(2,3)4)18-13-10-8-7-9-12(13)17-5/h7-11,14H,6,16H2,1-5H3. The van der Waals surface area contributed by atoms with Crippen molar-refractivity contribution in [2.75, 3.05) is 7.11 Å². The summed E-state index contributed by atoms with van der Waals surface area (Å²) in [5, 5.41) is 0. The van der Waals surface area contributed by atoms with Crippen molar-refractivity contribution in [2.45, 2.75) is 46.3 Å². The fraction of sp³-hybridized carbons (Fsp3) is 0.600. The molecule has 0 saturated heterocycles. The first kappa shape index (κ1) is 14.8. The fourth-order valence-corrected chi connectivity index (χ4v) is 1.97. The van der Waals surface area contributed by atoms with Crippen LogP contribution in [-0.2, 0) is 0 Å². The molecule has 1 rings (SSSR count). The monoisotopic (exact) mass is 251 g/mol. The van der Waals surface area contributed by atoms with Crippen LogP contribution < -0.4 is 15.2 Å². The predicted molar refractivity (Wildman–Crippen MR) is 75.1 cm³/mol. The lowest BCUT2D eigenvalue weighted by atomic mass is 9.84. The highest BCUT2D eigenvalue weighted by atomic mass is 16.5. The zero-order chi connectivity index (χ0) is 13.8. The van der Waals surface area contributed by atoms with Crippen LogP contribution in [0.1, 0.15) is 34.1 Å². The van der Waals surface area contributed by atoms with E-state index < -0.39 is 0 Å². The van der Waals surface area contributed by atoms with Crippen molar-refractivity contribution in [3.05, 3.63) is 24.3 Å². The normalized spacial score (nSPS) is 15.0. The summed E-state index contributed by atoms with van der Waals surface area (Å²) in [6.07, 6.45) is 0.843. The molecular formula is C15H25NO2. The summed E-state index contributed by atoms with van der Waals surface area (Å²) in [4.78, 5) is 0. The lowest BCUT2D eigenvalue weighted by Gasteiger charge is -2.35. The molecule has 0 aliphatic heterocycles. The minimum Gasteiger partial charge on any atom is -0.493 e. The molecule has 0 aromatic heterocycles. The van der Waals surface area contributed by atoms with Crippen molar-refractivity contribution in [1.82, 2.24) is 0 Å². The molecule has 0 spiro atoms. The molecule has 0 amide bonds. The van der Waals surface area contributed by atoms with Gasteiger partial charge in [-0.3, -0.25) is 0 Å². The van der Waals surface area contributed by atoms with Gasteiger partial charge in [-0.1, -0.05) is 39.8 Å². The predicted octanol–water partition coefficient (Wildman–Crippen LogP) is 3.23. The van der Waals surface area contributed by atoms with E-state index in [1.54, 1.807) is 7.11 Å². The highest BCUT2D eigenvalue weighted by Gasteiger charge is 2.32. The number of para-hydroxylation sites is 2. The summed E-state index contributed by atoms with van der Waals surface area (Å²) in [5.41, 5.74) is 6.16. The third-order valence-corrected chi connectivity index (χ3v) is 3.04. The number of ether oxygens (including phenoxy) is 2. The molecule has 3 heteroatoms. The quantitative estimate of drug-likeness (QED) is 0.873. The maximum absolute atomic E-state index is 6.18. The zero-order valence-corrected chi connectivity index (χ0v) is 12.1. The largest absolute Gasteiger partial charge is 0.493 e. The molecule has 18 heavy (non-hydrogen) atoms. The number of benzene rings is 1. The maximum atomic E-state index is 6.18. The summed E-state index contributed by atoms with van der Waals surface area (Å²) in [5.74, 6) is 1.50. The molecule has 2 atom stereocenters. The van der Waals surface area contributed by atoms with Crippen molar-refractivity contribution in [2.24, 2.45) is 11.1 Å². The van der Waals surface area contributed by atoms with E-state index in [-0.39, 0.29) is 17.6 Å². The summed E-state index contributed by atoms with van der Waals surface area (Å²) in [7, 11) is 1.65. The average molecular weight is 251 g/mol. The minimum absolute atomic E-state index is 0.00918. The van der Waals surface area contributed by atoms with E-state index in [0.29, 0.717) is 0 Å². The number of hydrogen-bond donors (Lipinski definition) is 1. The third-order valence-electron chi connectivity index (χ3n) is 3.04. The molecule has 1 aromatic rings. The zero-order valence-electron chi connectivity index (χ0n) is 12.1. The van der Waals surface area contributed by atoms with E-state index in [2.05, 4.69) is 27.7 Å². The van der Waals surface area contributed by atoms with Crippen molar-refractivity contribution >= 4 is 0 Å². The molecule has 2 unspecified atom stereocenters. The topological polar surface area (TPSA) is 44.5 Å². The van der Waals surface area contributed by atoms with Crippen LogP contribution in [0.5, 0.6) is 11.5 Å². The molecule has 2 N–H and O–H groups in total.